The molecular formula is C17H18FN3O4. The fourth-order valence-electron chi connectivity index (χ4n) is 3.02. The maximum Gasteiger partial charge on any atom is 0.338 e. The highest BCUT2D eigenvalue weighted by atomic mass is 19.1. The molecule has 8 heteroatoms. The number of benzene rings is 1. The van der Waals surface area contributed by atoms with E-state index in [9.17, 15) is 14.0 Å². The molecule has 7 nitrogen and oxygen atoms in total. The van der Waals surface area contributed by atoms with Crippen molar-refractivity contribution in [3.05, 3.63) is 47.5 Å². The van der Waals surface area contributed by atoms with Gasteiger partial charge in [0, 0.05) is 19.3 Å². The van der Waals surface area contributed by atoms with Gasteiger partial charge in [0.15, 0.2) is 0 Å². The smallest absolute Gasteiger partial charge is 0.338 e. The van der Waals surface area contributed by atoms with E-state index in [0.717, 1.165) is 0 Å². The summed E-state index contributed by atoms with van der Waals surface area (Å²) in [7, 11) is 1.40. The van der Waals surface area contributed by atoms with Crippen LogP contribution in [0.5, 0.6) is 5.75 Å². The zero-order chi connectivity index (χ0) is 18.0. The Balaban J connectivity index is 1.70. The summed E-state index contributed by atoms with van der Waals surface area (Å²) in [6.07, 6.45) is 4.03. The molecule has 0 atom stereocenters. The van der Waals surface area contributed by atoms with Gasteiger partial charge in [-0.15, -0.1) is 0 Å². The van der Waals surface area contributed by atoms with Crippen LogP contribution < -0.4 is 4.74 Å². The number of rotatable bonds is 4. The maximum absolute atomic E-state index is 14.1. The molecule has 2 heterocycles. The van der Waals surface area contributed by atoms with E-state index in [1.807, 2.05) is 0 Å². The zero-order valence-electron chi connectivity index (χ0n) is 13.7. The summed E-state index contributed by atoms with van der Waals surface area (Å²) < 4.78 is 20.8. The molecule has 0 spiro atoms. The van der Waals surface area contributed by atoms with Crippen LogP contribution in [0.1, 0.15) is 39.6 Å². The van der Waals surface area contributed by atoms with E-state index in [4.69, 9.17) is 9.84 Å². The van der Waals surface area contributed by atoms with Gasteiger partial charge in [0.05, 0.1) is 24.9 Å². The number of hydrogen-bond donors (Lipinski definition) is 1. The van der Waals surface area contributed by atoms with Crippen LogP contribution in [0.25, 0.3) is 0 Å². The lowest BCUT2D eigenvalue weighted by Crippen LogP contribution is -2.39. The van der Waals surface area contributed by atoms with Gasteiger partial charge in [0.2, 0.25) is 0 Å². The van der Waals surface area contributed by atoms with Gasteiger partial charge in [-0.2, -0.15) is 5.10 Å². The molecule has 2 aromatic rings. The van der Waals surface area contributed by atoms with E-state index in [1.165, 1.54) is 31.6 Å². The minimum absolute atomic E-state index is 0.0136. The van der Waals surface area contributed by atoms with Crippen molar-refractivity contribution in [1.29, 1.82) is 0 Å². The summed E-state index contributed by atoms with van der Waals surface area (Å²) in [5.74, 6) is -1.82. The molecule has 1 aliphatic heterocycles. The molecule has 25 heavy (non-hydrogen) atoms. The van der Waals surface area contributed by atoms with E-state index in [2.05, 4.69) is 5.10 Å². The fraction of sp³-hybridized carbons (Fsp3) is 0.353. The van der Waals surface area contributed by atoms with Gasteiger partial charge in [-0.05, 0) is 25.0 Å². The minimum Gasteiger partial charge on any atom is -0.496 e. The van der Waals surface area contributed by atoms with Crippen LogP contribution in [-0.2, 0) is 0 Å². The number of amides is 1. The van der Waals surface area contributed by atoms with Gasteiger partial charge in [-0.3, -0.25) is 9.48 Å². The molecule has 3 rings (SSSR count). The van der Waals surface area contributed by atoms with Gasteiger partial charge < -0.3 is 14.7 Å². The number of aromatic carboxylic acids is 1. The largest absolute Gasteiger partial charge is 0.496 e. The molecule has 1 amide bonds. The third-order valence-electron chi connectivity index (χ3n) is 4.38. The van der Waals surface area contributed by atoms with Crippen molar-refractivity contribution in [3.8, 4) is 5.75 Å². The first-order valence-corrected chi connectivity index (χ1v) is 7.90. The van der Waals surface area contributed by atoms with Gasteiger partial charge in [-0.1, -0.05) is 6.07 Å². The molecule has 1 saturated heterocycles. The van der Waals surface area contributed by atoms with E-state index in [0.29, 0.717) is 25.9 Å². The Morgan fingerprint density at radius 2 is 2.04 bits per heavy atom. The van der Waals surface area contributed by atoms with Gasteiger partial charge in [0.1, 0.15) is 17.1 Å². The number of nitrogens with zero attached hydrogens (tertiary/aromatic N) is 3. The third-order valence-corrected chi connectivity index (χ3v) is 4.38. The zero-order valence-corrected chi connectivity index (χ0v) is 13.7. The first kappa shape index (κ1) is 16.9. The van der Waals surface area contributed by atoms with Crippen molar-refractivity contribution in [2.24, 2.45) is 0 Å². The number of piperidine rings is 1. The number of halogens is 1. The molecule has 0 saturated carbocycles. The van der Waals surface area contributed by atoms with E-state index < -0.39 is 17.7 Å². The number of carbonyl (C=O) groups is 2. The Bertz CT molecular complexity index is 797. The Kier molecular flexibility index (Phi) is 4.69. The topological polar surface area (TPSA) is 84.7 Å². The number of ether oxygens (including phenoxy) is 1. The lowest BCUT2D eigenvalue weighted by Gasteiger charge is -2.32. The molecule has 0 radical (unpaired) electrons. The van der Waals surface area contributed by atoms with Gasteiger partial charge >= 0.3 is 5.97 Å². The Morgan fingerprint density at radius 3 is 2.64 bits per heavy atom. The number of methoxy groups -OCH3 is 1. The quantitative estimate of drug-likeness (QED) is 0.917. The normalized spacial score (nSPS) is 15.2. The third kappa shape index (κ3) is 3.33. The van der Waals surface area contributed by atoms with E-state index in [-0.39, 0.29) is 22.9 Å². The molecule has 1 aromatic heterocycles. The predicted molar refractivity (Wildman–Crippen MR) is 86.3 cm³/mol. The molecule has 1 N–H and O–H groups in total. The molecule has 0 unspecified atom stereocenters. The van der Waals surface area contributed by atoms with Crippen LogP contribution >= 0.6 is 0 Å². The maximum atomic E-state index is 14.1. The number of carbonyl (C=O) groups excluding carboxylic acids is 1. The molecule has 1 aromatic carbocycles. The molecule has 132 valence electrons. The van der Waals surface area contributed by atoms with Crippen LogP contribution in [0.4, 0.5) is 4.39 Å². The number of carboxylic acids is 1. The van der Waals surface area contributed by atoms with Crippen molar-refractivity contribution in [1.82, 2.24) is 14.7 Å². The molecular weight excluding hydrogens is 329 g/mol. The van der Waals surface area contributed by atoms with Crippen molar-refractivity contribution in [2.75, 3.05) is 20.2 Å². The summed E-state index contributed by atoms with van der Waals surface area (Å²) in [5.41, 5.74) is 0.0744. The second-order valence-corrected chi connectivity index (χ2v) is 5.85. The second-order valence-electron chi connectivity index (χ2n) is 5.85. The predicted octanol–water partition coefficient (Wildman–Crippen LogP) is 2.21. The van der Waals surface area contributed by atoms with Crippen molar-refractivity contribution >= 4 is 11.9 Å². The van der Waals surface area contributed by atoms with Crippen molar-refractivity contribution in [2.45, 2.75) is 18.9 Å². The fourth-order valence-corrected chi connectivity index (χ4v) is 3.02. The van der Waals surface area contributed by atoms with Crippen LogP contribution in [-0.4, -0.2) is 51.9 Å². The summed E-state index contributed by atoms with van der Waals surface area (Å²) >= 11 is 0. The summed E-state index contributed by atoms with van der Waals surface area (Å²) in [6.45, 7) is 0.868. The molecule has 0 bridgehead atoms. The van der Waals surface area contributed by atoms with Crippen LogP contribution in [0.15, 0.2) is 30.6 Å². The Morgan fingerprint density at radius 1 is 1.32 bits per heavy atom. The lowest BCUT2D eigenvalue weighted by molar-refractivity contribution is 0.0680. The number of hydrogen-bond acceptors (Lipinski definition) is 4. The van der Waals surface area contributed by atoms with Crippen LogP contribution in [0.3, 0.4) is 0 Å². The highest BCUT2D eigenvalue weighted by Gasteiger charge is 2.28. The number of aromatic nitrogens is 2. The lowest BCUT2D eigenvalue weighted by atomic mass is 10.0. The van der Waals surface area contributed by atoms with Crippen molar-refractivity contribution in [3.63, 3.8) is 0 Å². The standard InChI is InChI=1S/C17H18FN3O4/c1-25-14-4-2-3-13(18)15(14)16(22)20-7-5-12(6-8-20)21-10-11(9-19-21)17(23)24/h2-4,9-10,12H,5-8H2,1H3,(H,23,24). The van der Waals surface area contributed by atoms with Gasteiger partial charge in [0.25, 0.3) is 5.91 Å². The van der Waals surface area contributed by atoms with E-state index in [1.54, 1.807) is 15.6 Å². The Hall–Kier alpha value is -2.90. The summed E-state index contributed by atoms with van der Waals surface area (Å²) in [5, 5.41) is 13.0. The van der Waals surface area contributed by atoms with E-state index >= 15 is 0 Å². The monoisotopic (exact) mass is 347 g/mol. The first-order chi connectivity index (χ1) is 12.0. The van der Waals surface area contributed by atoms with Crippen LogP contribution in [0, 0.1) is 5.82 Å². The number of likely N-dealkylation sites (tertiary alicyclic amines) is 1. The average molecular weight is 347 g/mol. The minimum atomic E-state index is -1.02. The summed E-state index contributed by atoms with van der Waals surface area (Å²) in [4.78, 5) is 25.2. The summed E-state index contributed by atoms with van der Waals surface area (Å²) in [6, 6.07) is 4.30. The molecule has 0 aliphatic carbocycles. The average Bonchev–Trinajstić information content (AvgIpc) is 3.11. The van der Waals surface area contributed by atoms with Gasteiger partial charge in [-0.25, -0.2) is 9.18 Å². The Labute approximate surface area is 143 Å². The highest BCUT2D eigenvalue weighted by molar-refractivity contribution is 5.97. The highest BCUT2D eigenvalue weighted by Crippen LogP contribution is 2.27. The second kappa shape index (κ2) is 6.92. The molecule has 1 aliphatic rings. The molecule has 1 fully saturated rings. The van der Waals surface area contributed by atoms with Crippen LogP contribution in [0.2, 0.25) is 0 Å². The first-order valence-electron chi connectivity index (χ1n) is 7.90. The SMILES string of the molecule is COc1cccc(F)c1C(=O)N1CCC(n2cc(C(=O)O)cn2)CC1. The number of carboxylic acid groups (broad SMARTS) is 1. The van der Waals surface area contributed by atoms with Crippen molar-refractivity contribution < 1.29 is 23.8 Å².